The summed E-state index contributed by atoms with van der Waals surface area (Å²) in [6, 6.07) is 2.01. The number of unbranched alkanes of at least 4 members (excludes halogenated alkanes) is 1. The van der Waals surface area contributed by atoms with Crippen LogP contribution in [0.4, 0.5) is 20.2 Å². The van der Waals surface area contributed by atoms with E-state index in [0.29, 0.717) is 18.2 Å². The number of nitrogen functional groups attached to an aromatic ring is 1. The van der Waals surface area contributed by atoms with Crippen LogP contribution >= 0.6 is 0 Å². The van der Waals surface area contributed by atoms with Gasteiger partial charge in [-0.3, -0.25) is 0 Å². The number of hydrogen-bond donors (Lipinski definition) is 2. The van der Waals surface area contributed by atoms with Gasteiger partial charge in [-0.25, -0.2) is 8.78 Å². The zero-order valence-electron chi connectivity index (χ0n) is 10.4. The Morgan fingerprint density at radius 2 is 1.94 bits per heavy atom. The zero-order chi connectivity index (χ0) is 12.8. The second-order valence-electron chi connectivity index (χ2n) is 4.67. The summed E-state index contributed by atoms with van der Waals surface area (Å²) >= 11 is 0. The highest BCUT2D eigenvalue weighted by molar-refractivity contribution is 5.66. The van der Waals surface area contributed by atoms with Gasteiger partial charge in [0.1, 0.15) is 5.82 Å². The fourth-order valence-corrected chi connectivity index (χ4v) is 1.63. The van der Waals surface area contributed by atoms with E-state index in [2.05, 4.69) is 19.2 Å². The van der Waals surface area contributed by atoms with Gasteiger partial charge >= 0.3 is 0 Å². The molecule has 0 saturated heterocycles. The number of anilines is 2. The Hall–Kier alpha value is -1.32. The monoisotopic (exact) mass is 242 g/mol. The third-order valence-electron chi connectivity index (χ3n) is 2.62. The Labute approximate surface area is 101 Å². The van der Waals surface area contributed by atoms with Crippen LogP contribution in [-0.2, 0) is 0 Å². The molecule has 0 heterocycles. The Morgan fingerprint density at radius 3 is 2.59 bits per heavy atom. The molecular formula is C13H20F2N2. The summed E-state index contributed by atoms with van der Waals surface area (Å²) < 4.78 is 26.1. The van der Waals surface area contributed by atoms with Gasteiger partial charge in [0.05, 0.1) is 11.4 Å². The van der Waals surface area contributed by atoms with Crippen LogP contribution < -0.4 is 11.1 Å². The normalized spacial score (nSPS) is 10.9. The highest BCUT2D eigenvalue weighted by Gasteiger charge is 2.07. The Kier molecular flexibility index (Phi) is 5.19. The minimum atomic E-state index is -0.713. The molecule has 3 N–H and O–H groups in total. The summed E-state index contributed by atoms with van der Waals surface area (Å²) in [6.07, 6.45) is 3.23. The van der Waals surface area contributed by atoms with Crippen LogP contribution in [-0.4, -0.2) is 6.54 Å². The molecule has 1 aromatic rings. The molecule has 0 aromatic heterocycles. The number of halogens is 2. The largest absolute Gasteiger partial charge is 0.395 e. The molecule has 0 aliphatic heterocycles. The lowest BCUT2D eigenvalue weighted by Crippen LogP contribution is -2.06. The molecule has 1 rings (SSSR count). The van der Waals surface area contributed by atoms with Gasteiger partial charge in [-0.2, -0.15) is 0 Å². The summed E-state index contributed by atoms with van der Waals surface area (Å²) in [5.41, 5.74) is 5.83. The lowest BCUT2D eigenvalue weighted by atomic mass is 10.1. The number of nitrogens with one attached hydrogen (secondary N) is 1. The van der Waals surface area contributed by atoms with E-state index in [1.54, 1.807) is 0 Å². The van der Waals surface area contributed by atoms with E-state index >= 15 is 0 Å². The molecule has 0 saturated carbocycles. The van der Waals surface area contributed by atoms with Crippen LogP contribution in [0.15, 0.2) is 12.1 Å². The summed E-state index contributed by atoms with van der Waals surface area (Å²) in [5, 5.41) is 2.96. The molecule has 2 nitrogen and oxygen atoms in total. The molecule has 4 heteroatoms. The van der Waals surface area contributed by atoms with Crippen molar-refractivity contribution < 1.29 is 8.78 Å². The molecule has 0 spiro atoms. The highest BCUT2D eigenvalue weighted by Crippen LogP contribution is 2.23. The Bertz CT molecular complexity index is 365. The van der Waals surface area contributed by atoms with Gasteiger partial charge in [0.2, 0.25) is 0 Å². The first kappa shape index (κ1) is 13.7. The predicted molar refractivity (Wildman–Crippen MR) is 67.9 cm³/mol. The summed E-state index contributed by atoms with van der Waals surface area (Å²) in [5.74, 6) is -0.636. The minimum Gasteiger partial charge on any atom is -0.395 e. The first-order valence-electron chi connectivity index (χ1n) is 5.99. The van der Waals surface area contributed by atoms with E-state index in [-0.39, 0.29) is 5.69 Å². The van der Waals surface area contributed by atoms with Crippen molar-refractivity contribution in [2.75, 3.05) is 17.6 Å². The van der Waals surface area contributed by atoms with Gasteiger partial charge in [0.25, 0.3) is 0 Å². The standard InChI is InChI=1S/C13H20F2N2/c1-9(2)5-3-4-6-17-12-8-10(14)7-11(15)13(12)16/h7-9,17H,3-6,16H2,1-2H3. The summed E-state index contributed by atoms with van der Waals surface area (Å²) in [7, 11) is 0. The Balaban J connectivity index is 2.41. The summed E-state index contributed by atoms with van der Waals surface area (Å²) in [4.78, 5) is 0. The van der Waals surface area contributed by atoms with E-state index in [1.165, 1.54) is 6.07 Å². The Morgan fingerprint density at radius 1 is 1.24 bits per heavy atom. The lowest BCUT2D eigenvalue weighted by molar-refractivity contribution is 0.544. The van der Waals surface area contributed by atoms with Crippen molar-refractivity contribution in [1.29, 1.82) is 0 Å². The van der Waals surface area contributed by atoms with Gasteiger partial charge in [0, 0.05) is 12.6 Å². The van der Waals surface area contributed by atoms with Crippen molar-refractivity contribution in [1.82, 2.24) is 0 Å². The first-order chi connectivity index (χ1) is 8.00. The van der Waals surface area contributed by atoms with Crippen LogP contribution in [0, 0.1) is 17.6 Å². The SMILES string of the molecule is CC(C)CCCCNc1cc(F)cc(F)c1N. The van der Waals surface area contributed by atoms with E-state index < -0.39 is 11.6 Å². The minimum absolute atomic E-state index is 0.0183. The van der Waals surface area contributed by atoms with Crippen molar-refractivity contribution >= 4 is 11.4 Å². The van der Waals surface area contributed by atoms with Crippen molar-refractivity contribution in [2.45, 2.75) is 33.1 Å². The molecule has 96 valence electrons. The molecule has 0 bridgehead atoms. The topological polar surface area (TPSA) is 38.0 Å². The molecule has 1 aromatic carbocycles. The maximum absolute atomic E-state index is 13.1. The van der Waals surface area contributed by atoms with Gasteiger partial charge in [-0.15, -0.1) is 0 Å². The molecule has 17 heavy (non-hydrogen) atoms. The molecule has 0 amide bonds. The quantitative estimate of drug-likeness (QED) is 0.588. The number of nitrogens with two attached hydrogens (primary N) is 1. The van der Waals surface area contributed by atoms with Gasteiger partial charge in [-0.1, -0.05) is 26.7 Å². The van der Waals surface area contributed by atoms with E-state index in [9.17, 15) is 8.78 Å². The molecule has 0 aliphatic rings. The van der Waals surface area contributed by atoms with Crippen LogP contribution in [0.3, 0.4) is 0 Å². The molecule has 0 aliphatic carbocycles. The van der Waals surface area contributed by atoms with Crippen molar-refractivity contribution in [3.05, 3.63) is 23.8 Å². The average molecular weight is 242 g/mol. The molecular weight excluding hydrogens is 222 g/mol. The smallest absolute Gasteiger partial charge is 0.151 e. The van der Waals surface area contributed by atoms with E-state index in [4.69, 9.17) is 5.73 Å². The van der Waals surface area contributed by atoms with E-state index in [1.807, 2.05) is 0 Å². The van der Waals surface area contributed by atoms with Crippen molar-refractivity contribution in [3.63, 3.8) is 0 Å². The number of hydrogen-bond acceptors (Lipinski definition) is 2. The molecule has 0 radical (unpaired) electrons. The maximum Gasteiger partial charge on any atom is 0.151 e. The van der Waals surface area contributed by atoms with Gasteiger partial charge in [-0.05, 0) is 18.4 Å². The third-order valence-corrected chi connectivity index (χ3v) is 2.62. The molecule has 0 unspecified atom stereocenters. The predicted octanol–water partition coefficient (Wildman–Crippen LogP) is 3.79. The van der Waals surface area contributed by atoms with Crippen LogP contribution in [0.5, 0.6) is 0 Å². The van der Waals surface area contributed by atoms with Crippen molar-refractivity contribution in [3.8, 4) is 0 Å². The van der Waals surface area contributed by atoms with Crippen LogP contribution in [0.25, 0.3) is 0 Å². The fourth-order valence-electron chi connectivity index (χ4n) is 1.63. The number of rotatable bonds is 6. The average Bonchev–Trinajstić information content (AvgIpc) is 2.23. The lowest BCUT2D eigenvalue weighted by Gasteiger charge is -2.10. The number of benzene rings is 1. The highest BCUT2D eigenvalue weighted by atomic mass is 19.1. The zero-order valence-corrected chi connectivity index (χ0v) is 10.4. The fraction of sp³-hybridized carbons (Fsp3) is 0.538. The second-order valence-corrected chi connectivity index (χ2v) is 4.67. The van der Waals surface area contributed by atoms with Crippen LogP contribution in [0.2, 0.25) is 0 Å². The van der Waals surface area contributed by atoms with E-state index in [0.717, 1.165) is 25.3 Å². The molecule has 0 atom stereocenters. The van der Waals surface area contributed by atoms with Crippen LogP contribution in [0.1, 0.15) is 33.1 Å². The van der Waals surface area contributed by atoms with Gasteiger partial charge in [0.15, 0.2) is 5.82 Å². The maximum atomic E-state index is 13.1. The van der Waals surface area contributed by atoms with Gasteiger partial charge < -0.3 is 11.1 Å². The first-order valence-corrected chi connectivity index (χ1v) is 5.99. The third kappa shape index (κ3) is 4.59. The summed E-state index contributed by atoms with van der Waals surface area (Å²) in [6.45, 7) is 5.03. The molecule has 0 fully saturated rings. The van der Waals surface area contributed by atoms with Crippen molar-refractivity contribution in [2.24, 2.45) is 5.92 Å². The second kappa shape index (κ2) is 6.42.